The zero-order chi connectivity index (χ0) is 34.1. The van der Waals surface area contributed by atoms with Crippen molar-refractivity contribution in [3.63, 3.8) is 0 Å². The Kier molecular flexibility index (Phi) is 9.30. The Hall–Kier alpha value is -4.91. The van der Waals surface area contributed by atoms with Gasteiger partial charge >= 0.3 is 0 Å². The van der Waals surface area contributed by atoms with Crippen molar-refractivity contribution in [3.8, 4) is 17.1 Å². The van der Waals surface area contributed by atoms with Crippen LogP contribution in [0.25, 0.3) is 11.3 Å². The Bertz CT molecular complexity index is 1910. The SMILES string of the molecule is CC(=O)N(C)c1cnc(CN2C(=O)c3cccc(c3)S(=O)(=O)Nc3nc(cc(-c4c(C)cccc4C)n3)OC[C@H]2CC(C)(C)C)nc1.[HH]. The van der Waals surface area contributed by atoms with Gasteiger partial charge in [-0.05, 0) is 55.0 Å². The Balaban J connectivity index is 0.00000520. The minimum absolute atomic E-state index is 0. The fourth-order valence-electron chi connectivity index (χ4n) is 5.48. The van der Waals surface area contributed by atoms with Gasteiger partial charge in [-0.3, -0.25) is 9.59 Å². The van der Waals surface area contributed by atoms with Crippen molar-refractivity contribution in [1.29, 1.82) is 0 Å². The molecule has 1 N–H and O–H groups in total. The molecular weight excluding hydrogens is 618 g/mol. The second kappa shape index (κ2) is 13.1. The van der Waals surface area contributed by atoms with Crippen LogP contribution in [0.3, 0.4) is 0 Å². The Morgan fingerprint density at radius 3 is 2.36 bits per heavy atom. The van der Waals surface area contributed by atoms with Gasteiger partial charge in [0.05, 0.1) is 41.3 Å². The number of nitrogens with zero attached hydrogens (tertiary/aromatic N) is 6. The number of aryl methyl sites for hydroxylation is 2. The first kappa shape index (κ1) is 33.5. The number of ether oxygens (including phenoxy) is 1. The molecule has 2 amide bonds. The Labute approximate surface area is 276 Å². The lowest BCUT2D eigenvalue weighted by molar-refractivity contribution is -0.116. The van der Waals surface area contributed by atoms with Gasteiger partial charge in [0.1, 0.15) is 12.4 Å². The highest BCUT2D eigenvalue weighted by atomic mass is 32.2. The third-order valence-electron chi connectivity index (χ3n) is 7.89. The molecule has 3 heterocycles. The van der Waals surface area contributed by atoms with Gasteiger partial charge in [-0.25, -0.2) is 28.1 Å². The number of carbonyl (C=O) groups excluding carboxylic acids is 2. The monoisotopic (exact) mass is 659 g/mol. The summed E-state index contributed by atoms with van der Waals surface area (Å²) in [4.78, 5) is 47.0. The molecule has 2 aromatic carbocycles. The number of sulfonamides is 1. The molecule has 0 spiro atoms. The lowest BCUT2D eigenvalue weighted by Crippen LogP contribution is -2.45. The number of anilines is 2. The van der Waals surface area contributed by atoms with Crippen molar-refractivity contribution in [3.05, 3.63) is 83.4 Å². The minimum Gasteiger partial charge on any atom is -0.475 e. The molecule has 0 unspecified atom stereocenters. The first-order valence-electron chi connectivity index (χ1n) is 15.2. The number of rotatable bonds is 5. The Morgan fingerprint density at radius 1 is 1.06 bits per heavy atom. The van der Waals surface area contributed by atoms with E-state index in [2.05, 4.69) is 45.4 Å². The third-order valence-corrected chi connectivity index (χ3v) is 9.22. The van der Waals surface area contributed by atoms with Crippen LogP contribution in [0.2, 0.25) is 0 Å². The summed E-state index contributed by atoms with van der Waals surface area (Å²) in [5.74, 6) is -0.239. The summed E-state index contributed by atoms with van der Waals surface area (Å²) in [6.07, 6.45) is 3.59. The van der Waals surface area contributed by atoms with Crippen LogP contribution in [-0.4, -0.2) is 64.8 Å². The number of hydrogen-bond acceptors (Lipinski definition) is 9. The van der Waals surface area contributed by atoms with Gasteiger partial charge < -0.3 is 14.5 Å². The molecule has 0 saturated heterocycles. The maximum absolute atomic E-state index is 14.3. The van der Waals surface area contributed by atoms with E-state index >= 15 is 0 Å². The van der Waals surface area contributed by atoms with Crippen LogP contribution >= 0.6 is 0 Å². The minimum atomic E-state index is -4.20. The van der Waals surface area contributed by atoms with Gasteiger partial charge in [-0.1, -0.05) is 45.0 Å². The summed E-state index contributed by atoms with van der Waals surface area (Å²) in [5, 5.41) is 0. The van der Waals surface area contributed by atoms with E-state index in [0.29, 0.717) is 23.6 Å². The number of hydrogen-bond donors (Lipinski definition) is 1. The highest BCUT2D eigenvalue weighted by molar-refractivity contribution is 7.92. The first-order valence-corrected chi connectivity index (χ1v) is 16.7. The van der Waals surface area contributed by atoms with E-state index < -0.39 is 22.0 Å². The molecule has 4 aromatic rings. The lowest BCUT2D eigenvalue weighted by atomic mass is 9.87. The van der Waals surface area contributed by atoms with Gasteiger partial charge in [0.25, 0.3) is 15.9 Å². The van der Waals surface area contributed by atoms with Crippen LogP contribution in [0.4, 0.5) is 11.6 Å². The molecule has 4 bridgehead atoms. The van der Waals surface area contributed by atoms with Crippen LogP contribution in [0.15, 0.2) is 65.8 Å². The van der Waals surface area contributed by atoms with Crippen molar-refractivity contribution >= 4 is 33.5 Å². The van der Waals surface area contributed by atoms with Crippen LogP contribution in [0.5, 0.6) is 5.88 Å². The molecule has 1 aliphatic heterocycles. The van der Waals surface area contributed by atoms with E-state index in [0.717, 1.165) is 16.7 Å². The average molecular weight is 660 g/mol. The van der Waals surface area contributed by atoms with Crippen molar-refractivity contribution < 1.29 is 24.2 Å². The molecule has 47 heavy (non-hydrogen) atoms. The molecule has 12 nitrogen and oxygen atoms in total. The molecule has 0 saturated carbocycles. The number of nitrogens with one attached hydrogen (secondary N) is 1. The topological polar surface area (TPSA) is 148 Å². The van der Waals surface area contributed by atoms with E-state index in [4.69, 9.17) is 4.74 Å². The fraction of sp³-hybridized carbons (Fsp3) is 0.353. The first-order chi connectivity index (χ1) is 22.1. The van der Waals surface area contributed by atoms with Gasteiger partial charge in [0.15, 0.2) is 0 Å². The normalized spacial score (nSPS) is 16.2. The predicted octanol–water partition coefficient (Wildman–Crippen LogP) is 5.42. The van der Waals surface area contributed by atoms with Crippen molar-refractivity contribution in [2.24, 2.45) is 5.41 Å². The number of fused-ring (bicyclic) bond motifs is 4. The summed E-state index contributed by atoms with van der Waals surface area (Å²) >= 11 is 0. The molecule has 0 radical (unpaired) electrons. The molecule has 0 fully saturated rings. The van der Waals surface area contributed by atoms with Crippen molar-refractivity contribution in [2.45, 2.75) is 65.4 Å². The maximum Gasteiger partial charge on any atom is 0.264 e. The fourth-order valence-corrected chi connectivity index (χ4v) is 6.47. The Morgan fingerprint density at radius 2 is 1.72 bits per heavy atom. The quantitative estimate of drug-likeness (QED) is 0.297. The zero-order valence-electron chi connectivity index (χ0n) is 27.6. The molecule has 2 aromatic heterocycles. The summed E-state index contributed by atoms with van der Waals surface area (Å²) in [7, 11) is -2.57. The van der Waals surface area contributed by atoms with E-state index in [1.54, 1.807) is 24.1 Å². The predicted molar refractivity (Wildman–Crippen MR) is 181 cm³/mol. The van der Waals surface area contributed by atoms with Crippen LogP contribution in [0.1, 0.15) is 62.9 Å². The van der Waals surface area contributed by atoms with Crippen LogP contribution < -0.4 is 14.4 Å². The second-order valence-electron chi connectivity index (χ2n) is 12.9. The molecule has 0 aliphatic carbocycles. The number of carbonyl (C=O) groups is 2. The second-order valence-corrected chi connectivity index (χ2v) is 14.6. The van der Waals surface area contributed by atoms with Crippen LogP contribution in [-0.2, 0) is 21.4 Å². The van der Waals surface area contributed by atoms with E-state index in [1.807, 2.05) is 32.0 Å². The van der Waals surface area contributed by atoms with Gasteiger partial charge in [-0.15, -0.1) is 0 Å². The van der Waals surface area contributed by atoms with Crippen molar-refractivity contribution in [1.82, 2.24) is 24.8 Å². The standard InChI is InChI=1S/C34H39N7O5S.H2/c1-21-10-8-11-22(2)31(21)28-15-30-38-33(37-28)39-47(44,45)27-13-9-12-24(14-27)32(43)41(25(20-46-30)16-34(4,5)6)19-29-35-17-26(18-36-29)40(7)23(3)42;/h8-15,17-18,25H,16,19-20H2,1-7H3,(H,37,38,39);1H/t25-;/m1./s1. The number of aromatic nitrogens is 4. The number of benzene rings is 2. The smallest absolute Gasteiger partial charge is 0.264 e. The van der Waals surface area contributed by atoms with E-state index in [-0.39, 0.29) is 48.2 Å². The zero-order valence-corrected chi connectivity index (χ0v) is 28.4. The maximum atomic E-state index is 14.3. The molecule has 248 valence electrons. The molecular formula is C34H41N7O5S. The summed E-state index contributed by atoms with van der Waals surface area (Å²) in [6.45, 7) is 11.6. The van der Waals surface area contributed by atoms with Gasteiger partial charge in [-0.2, -0.15) is 4.98 Å². The van der Waals surface area contributed by atoms with Gasteiger partial charge in [0.2, 0.25) is 17.7 Å². The molecule has 5 rings (SSSR count). The highest BCUT2D eigenvalue weighted by Gasteiger charge is 2.32. The van der Waals surface area contributed by atoms with E-state index in [1.165, 1.54) is 42.4 Å². The average Bonchev–Trinajstić information content (AvgIpc) is 3.00. The lowest BCUT2D eigenvalue weighted by Gasteiger charge is -2.35. The van der Waals surface area contributed by atoms with E-state index in [9.17, 15) is 18.0 Å². The van der Waals surface area contributed by atoms with Crippen molar-refractivity contribution in [2.75, 3.05) is 23.3 Å². The largest absolute Gasteiger partial charge is 0.475 e. The summed E-state index contributed by atoms with van der Waals surface area (Å²) in [5.41, 5.74) is 3.69. The molecule has 1 atom stereocenters. The van der Waals surface area contributed by atoms with Crippen LogP contribution in [0, 0.1) is 19.3 Å². The molecule has 1 aliphatic rings. The van der Waals surface area contributed by atoms with Gasteiger partial charge in [0, 0.05) is 32.6 Å². The third kappa shape index (κ3) is 7.74. The molecule has 13 heteroatoms. The number of amides is 2. The summed E-state index contributed by atoms with van der Waals surface area (Å²) in [6, 6.07) is 12.9. The summed E-state index contributed by atoms with van der Waals surface area (Å²) < 4.78 is 36.0. The highest BCUT2D eigenvalue weighted by Crippen LogP contribution is 2.31.